The van der Waals surface area contributed by atoms with Crippen molar-refractivity contribution in [2.45, 2.75) is 13.5 Å². The first-order valence-electron chi connectivity index (χ1n) is 4.93. The summed E-state index contributed by atoms with van der Waals surface area (Å²) in [6.07, 6.45) is 3.59. The van der Waals surface area contributed by atoms with E-state index in [0.29, 0.717) is 6.54 Å². The van der Waals surface area contributed by atoms with Crippen LogP contribution in [0, 0.1) is 10.5 Å². The molecular formula is C12H11IN2O. The van der Waals surface area contributed by atoms with Crippen LogP contribution in [0.5, 0.6) is 0 Å². The maximum atomic E-state index is 11.9. The van der Waals surface area contributed by atoms with E-state index in [9.17, 15) is 4.79 Å². The average Bonchev–Trinajstić information content (AvgIpc) is 2.65. The minimum atomic E-state index is 0.0829. The first kappa shape index (κ1) is 11.3. The van der Waals surface area contributed by atoms with Gasteiger partial charge in [-0.25, -0.2) is 0 Å². The van der Waals surface area contributed by atoms with Crippen molar-refractivity contribution in [2.24, 2.45) is 0 Å². The number of carbonyl (C=O) groups excluding carboxylic acids is 1. The van der Waals surface area contributed by atoms with Gasteiger partial charge in [-0.1, -0.05) is 29.8 Å². The predicted octanol–water partition coefficient (Wildman–Crippen LogP) is 2.68. The topological polar surface area (TPSA) is 34.9 Å². The summed E-state index contributed by atoms with van der Waals surface area (Å²) in [5.41, 5.74) is 1.89. The van der Waals surface area contributed by atoms with Crippen LogP contribution in [-0.4, -0.2) is 15.6 Å². The molecule has 82 valence electrons. The second-order valence-corrected chi connectivity index (χ2v) is 4.89. The van der Waals surface area contributed by atoms with Crippen LogP contribution in [0.25, 0.3) is 0 Å². The number of halogens is 1. The zero-order valence-electron chi connectivity index (χ0n) is 8.85. The lowest BCUT2D eigenvalue weighted by Gasteiger charge is -2.01. The van der Waals surface area contributed by atoms with Crippen molar-refractivity contribution < 1.29 is 4.79 Å². The van der Waals surface area contributed by atoms with Gasteiger partial charge in [-0.05, 0) is 29.5 Å². The van der Waals surface area contributed by atoms with Crippen molar-refractivity contribution in [1.29, 1.82) is 0 Å². The molecule has 0 bridgehead atoms. The summed E-state index contributed by atoms with van der Waals surface area (Å²) in [7, 11) is 0. The molecule has 1 heterocycles. The van der Waals surface area contributed by atoms with Crippen LogP contribution in [0.2, 0.25) is 0 Å². The van der Waals surface area contributed by atoms with Gasteiger partial charge in [0.25, 0.3) is 0 Å². The van der Waals surface area contributed by atoms with Crippen LogP contribution in [-0.2, 0) is 6.54 Å². The number of Topliss-reactive ketones (excluding diaryl/α,β-unsaturated/α-hetero) is 1. The molecule has 0 atom stereocenters. The molecule has 0 saturated heterocycles. The van der Waals surface area contributed by atoms with E-state index in [1.165, 1.54) is 0 Å². The highest BCUT2D eigenvalue weighted by Crippen LogP contribution is 2.06. The van der Waals surface area contributed by atoms with Gasteiger partial charge >= 0.3 is 0 Å². The van der Waals surface area contributed by atoms with Gasteiger partial charge in [0.1, 0.15) is 6.54 Å². The third-order valence-electron chi connectivity index (χ3n) is 2.28. The Labute approximate surface area is 108 Å². The zero-order valence-corrected chi connectivity index (χ0v) is 11.0. The Morgan fingerprint density at radius 3 is 2.62 bits per heavy atom. The minimum absolute atomic E-state index is 0.0829. The number of benzene rings is 1. The fraction of sp³-hybridized carbons (Fsp3) is 0.167. The number of aryl methyl sites for hydroxylation is 1. The van der Waals surface area contributed by atoms with Gasteiger partial charge in [-0.3, -0.25) is 9.48 Å². The maximum absolute atomic E-state index is 11.9. The Bertz CT molecular complexity index is 502. The van der Waals surface area contributed by atoms with Crippen molar-refractivity contribution in [2.75, 3.05) is 0 Å². The fourth-order valence-corrected chi connectivity index (χ4v) is 1.85. The lowest BCUT2D eigenvalue weighted by Crippen LogP contribution is -2.10. The van der Waals surface area contributed by atoms with E-state index in [4.69, 9.17) is 0 Å². The molecule has 2 rings (SSSR count). The first-order valence-corrected chi connectivity index (χ1v) is 6.01. The van der Waals surface area contributed by atoms with Crippen molar-refractivity contribution >= 4 is 28.4 Å². The van der Waals surface area contributed by atoms with Gasteiger partial charge < -0.3 is 0 Å². The number of nitrogens with zero attached hydrogens (tertiary/aromatic N) is 2. The van der Waals surface area contributed by atoms with Crippen LogP contribution < -0.4 is 0 Å². The molecule has 1 aromatic carbocycles. The SMILES string of the molecule is Cc1ccc(C(=O)Cn2cc(I)cn2)cc1. The first-order chi connectivity index (χ1) is 7.65. The monoisotopic (exact) mass is 326 g/mol. The summed E-state index contributed by atoms with van der Waals surface area (Å²) < 4.78 is 2.69. The van der Waals surface area contributed by atoms with E-state index in [0.717, 1.165) is 14.7 Å². The maximum Gasteiger partial charge on any atom is 0.184 e. The molecule has 0 aliphatic heterocycles. The van der Waals surface area contributed by atoms with Gasteiger partial charge in [0.05, 0.1) is 9.77 Å². The van der Waals surface area contributed by atoms with Crippen molar-refractivity contribution in [3.8, 4) is 0 Å². The molecule has 0 saturated carbocycles. The second-order valence-electron chi connectivity index (χ2n) is 3.65. The lowest BCUT2D eigenvalue weighted by atomic mass is 10.1. The number of carbonyl (C=O) groups is 1. The number of aromatic nitrogens is 2. The molecule has 0 unspecified atom stereocenters. The molecule has 3 nitrogen and oxygen atoms in total. The third kappa shape index (κ3) is 2.69. The highest BCUT2D eigenvalue weighted by Gasteiger charge is 2.06. The Kier molecular flexibility index (Phi) is 3.38. The van der Waals surface area contributed by atoms with Crippen molar-refractivity contribution in [1.82, 2.24) is 9.78 Å². The molecule has 0 radical (unpaired) electrons. The largest absolute Gasteiger partial charge is 0.292 e. The van der Waals surface area contributed by atoms with E-state index in [1.54, 1.807) is 10.9 Å². The van der Waals surface area contributed by atoms with Crippen LogP contribution in [0.3, 0.4) is 0 Å². The van der Waals surface area contributed by atoms with Gasteiger partial charge in [0.2, 0.25) is 0 Å². The Balaban J connectivity index is 2.11. The predicted molar refractivity (Wildman–Crippen MR) is 70.5 cm³/mol. The molecular weight excluding hydrogens is 315 g/mol. The minimum Gasteiger partial charge on any atom is -0.292 e. The average molecular weight is 326 g/mol. The molecule has 0 fully saturated rings. The molecule has 0 N–H and O–H groups in total. The van der Waals surface area contributed by atoms with Gasteiger partial charge in [-0.2, -0.15) is 5.10 Å². The summed E-state index contributed by atoms with van der Waals surface area (Å²) in [5, 5.41) is 4.09. The summed E-state index contributed by atoms with van der Waals surface area (Å²) in [6, 6.07) is 7.60. The van der Waals surface area contributed by atoms with E-state index < -0.39 is 0 Å². The van der Waals surface area contributed by atoms with Crippen molar-refractivity contribution in [3.05, 3.63) is 51.4 Å². The Morgan fingerprint density at radius 2 is 2.06 bits per heavy atom. The lowest BCUT2D eigenvalue weighted by molar-refractivity contribution is 0.0967. The molecule has 2 aromatic rings. The number of ketones is 1. The molecule has 0 amide bonds. The zero-order chi connectivity index (χ0) is 11.5. The standard InChI is InChI=1S/C12H11IN2O/c1-9-2-4-10(5-3-9)12(16)8-15-7-11(13)6-14-15/h2-7H,8H2,1H3. The smallest absolute Gasteiger partial charge is 0.184 e. The van der Waals surface area contributed by atoms with Gasteiger partial charge in [-0.15, -0.1) is 0 Å². The molecule has 16 heavy (non-hydrogen) atoms. The fourth-order valence-electron chi connectivity index (χ4n) is 1.40. The highest BCUT2D eigenvalue weighted by atomic mass is 127. The summed E-state index contributed by atoms with van der Waals surface area (Å²) in [5.74, 6) is 0.0829. The van der Waals surface area contributed by atoms with E-state index in [1.807, 2.05) is 37.4 Å². The van der Waals surface area contributed by atoms with E-state index in [2.05, 4.69) is 27.7 Å². The normalized spacial score (nSPS) is 10.4. The summed E-state index contributed by atoms with van der Waals surface area (Å²) in [4.78, 5) is 11.9. The van der Waals surface area contributed by atoms with E-state index in [-0.39, 0.29) is 5.78 Å². The van der Waals surface area contributed by atoms with E-state index >= 15 is 0 Å². The summed E-state index contributed by atoms with van der Waals surface area (Å²) in [6.45, 7) is 2.30. The molecule has 4 heteroatoms. The highest BCUT2D eigenvalue weighted by molar-refractivity contribution is 14.1. The van der Waals surface area contributed by atoms with Crippen molar-refractivity contribution in [3.63, 3.8) is 0 Å². The quantitative estimate of drug-likeness (QED) is 0.642. The Morgan fingerprint density at radius 1 is 1.38 bits per heavy atom. The molecule has 0 spiro atoms. The van der Waals surface area contributed by atoms with Crippen LogP contribution >= 0.6 is 22.6 Å². The van der Waals surface area contributed by atoms with Gasteiger partial charge in [0, 0.05) is 11.8 Å². The van der Waals surface area contributed by atoms with Crippen LogP contribution in [0.15, 0.2) is 36.7 Å². The summed E-state index contributed by atoms with van der Waals surface area (Å²) >= 11 is 2.17. The Hall–Kier alpha value is -1.17. The number of rotatable bonds is 3. The number of hydrogen-bond donors (Lipinski definition) is 0. The number of hydrogen-bond acceptors (Lipinski definition) is 2. The van der Waals surface area contributed by atoms with Gasteiger partial charge in [0.15, 0.2) is 5.78 Å². The third-order valence-corrected chi connectivity index (χ3v) is 2.84. The molecule has 0 aliphatic carbocycles. The molecule has 1 aromatic heterocycles. The second kappa shape index (κ2) is 4.78. The van der Waals surface area contributed by atoms with Crippen LogP contribution in [0.4, 0.5) is 0 Å². The molecule has 0 aliphatic rings. The van der Waals surface area contributed by atoms with Crippen LogP contribution in [0.1, 0.15) is 15.9 Å².